The molecule has 1 atom stereocenters. The van der Waals surface area contributed by atoms with E-state index in [4.69, 9.17) is 27.6 Å². The highest BCUT2D eigenvalue weighted by atomic mass is 35.5. The lowest BCUT2D eigenvalue weighted by molar-refractivity contribution is -0.129. The SMILES string of the molecule is O=C(NCCc1ccc(Cl)cc1Cl)C1CC(=O)N(Cc2ccco2)C1. The minimum absolute atomic E-state index is 0.0303. The minimum Gasteiger partial charge on any atom is -0.467 e. The van der Waals surface area contributed by atoms with Crippen LogP contribution in [-0.4, -0.2) is 29.8 Å². The van der Waals surface area contributed by atoms with Gasteiger partial charge in [0.1, 0.15) is 5.76 Å². The summed E-state index contributed by atoms with van der Waals surface area (Å²) in [6.07, 6.45) is 2.41. The van der Waals surface area contributed by atoms with Crippen LogP contribution in [0.3, 0.4) is 0 Å². The molecule has 2 aromatic rings. The molecule has 2 heterocycles. The standard InChI is InChI=1S/C18H18Cl2N2O3/c19-14-4-3-12(16(20)9-14)5-6-21-18(24)13-8-17(23)22(10-13)11-15-2-1-7-25-15/h1-4,7,9,13H,5-6,8,10-11H2,(H,21,24). The molecule has 7 heteroatoms. The van der Waals surface area contributed by atoms with Crippen molar-refractivity contribution in [2.75, 3.05) is 13.1 Å². The molecule has 1 saturated heterocycles. The first-order valence-electron chi connectivity index (χ1n) is 8.04. The van der Waals surface area contributed by atoms with Crippen LogP contribution in [0.25, 0.3) is 0 Å². The van der Waals surface area contributed by atoms with Crippen molar-refractivity contribution >= 4 is 35.0 Å². The molecule has 0 radical (unpaired) electrons. The number of hydrogen-bond donors (Lipinski definition) is 1. The number of amides is 2. The van der Waals surface area contributed by atoms with Crippen molar-refractivity contribution in [1.82, 2.24) is 10.2 Å². The molecule has 1 aromatic carbocycles. The summed E-state index contributed by atoms with van der Waals surface area (Å²) in [6.45, 7) is 1.27. The van der Waals surface area contributed by atoms with Crippen LogP contribution in [0.5, 0.6) is 0 Å². The Morgan fingerprint density at radius 3 is 2.88 bits per heavy atom. The van der Waals surface area contributed by atoms with E-state index in [1.807, 2.05) is 12.1 Å². The van der Waals surface area contributed by atoms with Crippen molar-refractivity contribution in [3.8, 4) is 0 Å². The highest BCUT2D eigenvalue weighted by Gasteiger charge is 2.34. The number of carbonyl (C=O) groups excluding carboxylic acids is 2. The Morgan fingerprint density at radius 2 is 2.16 bits per heavy atom. The van der Waals surface area contributed by atoms with Crippen molar-refractivity contribution in [1.29, 1.82) is 0 Å². The van der Waals surface area contributed by atoms with Gasteiger partial charge in [-0.1, -0.05) is 29.3 Å². The van der Waals surface area contributed by atoms with Gasteiger partial charge in [0.25, 0.3) is 0 Å². The lowest BCUT2D eigenvalue weighted by atomic mass is 10.1. The molecule has 1 aromatic heterocycles. The molecule has 0 aliphatic carbocycles. The summed E-state index contributed by atoms with van der Waals surface area (Å²) >= 11 is 12.0. The van der Waals surface area contributed by atoms with Crippen LogP contribution in [0.4, 0.5) is 0 Å². The fraction of sp³-hybridized carbons (Fsp3) is 0.333. The predicted octanol–water partition coefficient (Wildman–Crippen LogP) is 3.29. The second-order valence-corrected chi connectivity index (χ2v) is 6.88. The highest BCUT2D eigenvalue weighted by molar-refractivity contribution is 6.35. The van der Waals surface area contributed by atoms with Crippen molar-refractivity contribution in [2.24, 2.45) is 5.92 Å². The molecule has 5 nitrogen and oxygen atoms in total. The molecule has 2 amide bonds. The summed E-state index contributed by atoms with van der Waals surface area (Å²) in [5, 5.41) is 4.05. The number of likely N-dealkylation sites (tertiary alicyclic amines) is 1. The van der Waals surface area contributed by atoms with Crippen LogP contribution in [-0.2, 0) is 22.6 Å². The van der Waals surface area contributed by atoms with Crippen molar-refractivity contribution in [3.05, 3.63) is 58.0 Å². The van der Waals surface area contributed by atoms with Gasteiger partial charge in [0.05, 0.1) is 18.7 Å². The Morgan fingerprint density at radius 1 is 1.32 bits per heavy atom. The molecular weight excluding hydrogens is 363 g/mol. The van der Waals surface area contributed by atoms with Gasteiger partial charge in [-0.3, -0.25) is 9.59 Å². The van der Waals surface area contributed by atoms with E-state index in [1.54, 1.807) is 29.4 Å². The first kappa shape index (κ1) is 17.8. The van der Waals surface area contributed by atoms with Crippen molar-refractivity contribution in [2.45, 2.75) is 19.4 Å². The van der Waals surface area contributed by atoms with Gasteiger partial charge in [0, 0.05) is 29.6 Å². The summed E-state index contributed by atoms with van der Waals surface area (Å²) in [5.41, 5.74) is 0.924. The Kier molecular flexibility index (Phi) is 5.66. The lowest BCUT2D eigenvalue weighted by Crippen LogP contribution is -2.34. The summed E-state index contributed by atoms with van der Waals surface area (Å²) < 4.78 is 5.26. The van der Waals surface area contributed by atoms with E-state index in [2.05, 4.69) is 5.32 Å². The zero-order chi connectivity index (χ0) is 17.8. The fourth-order valence-corrected chi connectivity index (χ4v) is 3.38. The molecule has 1 fully saturated rings. The molecule has 25 heavy (non-hydrogen) atoms. The van der Waals surface area contributed by atoms with Crippen LogP contribution in [0.15, 0.2) is 41.0 Å². The third-order valence-electron chi connectivity index (χ3n) is 4.22. The monoisotopic (exact) mass is 380 g/mol. The molecule has 1 unspecified atom stereocenters. The predicted molar refractivity (Wildman–Crippen MR) is 95.4 cm³/mol. The topological polar surface area (TPSA) is 62.6 Å². The average molecular weight is 381 g/mol. The van der Waals surface area contributed by atoms with Crippen LogP contribution in [0.1, 0.15) is 17.7 Å². The molecule has 0 saturated carbocycles. The zero-order valence-electron chi connectivity index (χ0n) is 13.5. The average Bonchev–Trinajstić information content (AvgIpc) is 3.20. The maximum atomic E-state index is 12.3. The van der Waals surface area contributed by atoms with Crippen LogP contribution in [0.2, 0.25) is 10.0 Å². The van der Waals surface area contributed by atoms with Gasteiger partial charge in [0.15, 0.2) is 0 Å². The van der Waals surface area contributed by atoms with Crippen molar-refractivity contribution < 1.29 is 14.0 Å². The summed E-state index contributed by atoms with van der Waals surface area (Å²) in [7, 11) is 0. The van der Waals surface area contributed by atoms with Gasteiger partial charge in [-0.05, 0) is 36.2 Å². The number of halogens is 2. The van der Waals surface area contributed by atoms with Gasteiger partial charge in [-0.15, -0.1) is 0 Å². The molecule has 3 rings (SSSR count). The first-order chi connectivity index (χ1) is 12.0. The molecular formula is C18H18Cl2N2O3. The minimum atomic E-state index is -0.330. The quantitative estimate of drug-likeness (QED) is 0.835. The van der Waals surface area contributed by atoms with E-state index in [9.17, 15) is 9.59 Å². The molecule has 0 bridgehead atoms. The zero-order valence-corrected chi connectivity index (χ0v) is 15.0. The van der Waals surface area contributed by atoms with E-state index >= 15 is 0 Å². The summed E-state index contributed by atoms with van der Waals surface area (Å²) in [6, 6.07) is 8.90. The van der Waals surface area contributed by atoms with Crippen LogP contribution >= 0.6 is 23.2 Å². The normalized spacial score (nSPS) is 17.1. The Hall–Kier alpha value is -1.98. The second-order valence-electron chi connectivity index (χ2n) is 6.03. The van der Waals surface area contributed by atoms with Gasteiger partial charge < -0.3 is 14.6 Å². The van der Waals surface area contributed by atoms with Gasteiger partial charge in [-0.25, -0.2) is 0 Å². The third-order valence-corrected chi connectivity index (χ3v) is 4.81. The molecule has 1 N–H and O–H groups in total. The van der Waals surface area contributed by atoms with E-state index in [-0.39, 0.29) is 24.2 Å². The number of hydrogen-bond acceptors (Lipinski definition) is 3. The van der Waals surface area contributed by atoms with Crippen LogP contribution < -0.4 is 5.32 Å². The number of rotatable bonds is 6. The molecule has 132 valence electrons. The molecule has 1 aliphatic heterocycles. The Labute approximate surface area is 155 Å². The smallest absolute Gasteiger partial charge is 0.225 e. The number of nitrogens with one attached hydrogen (secondary N) is 1. The number of carbonyl (C=O) groups is 2. The summed E-state index contributed by atoms with van der Waals surface area (Å²) in [5.74, 6) is 0.243. The van der Waals surface area contributed by atoms with E-state index in [1.165, 1.54) is 0 Å². The molecule has 1 aliphatic rings. The number of benzene rings is 1. The van der Waals surface area contributed by atoms with Gasteiger partial charge in [-0.2, -0.15) is 0 Å². The van der Waals surface area contributed by atoms with E-state index in [0.717, 1.165) is 5.56 Å². The Bertz CT molecular complexity index is 762. The van der Waals surface area contributed by atoms with Gasteiger partial charge >= 0.3 is 0 Å². The second kappa shape index (κ2) is 7.93. The largest absolute Gasteiger partial charge is 0.467 e. The Balaban J connectivity index is 1.47. The number of nitrogens with zero attached hydrogens (tertiary/aromatic N) is 1. The fourth-order valence-electron chi connectivity index (χ4n) is 2.88. The lowest BCUT2D eigenvalue weighted by Gasteiger charge is -2.15. The van der Waals surface area contributed by atoms with Crippen LogP contribution in [0, 0.1) is 5.92 Å². The number of furan rings is 1. The highest BCUT2D eigenvalue weighted by Crippen LogP contribution is 2.22. The third kappa shape index (κ3) is 4.55. The van der Waals surface area contributed by atoms with Crippen molar-refractivity contribution in [3.63, 3.8) is 0 Å². The van der Waals surface area contributed by atoms with E-state index in [0.29, 0.717) is 41.9 Å². The van der Waals surface area contributed by atoms with Gasteiger partial charge in [0.2, 0.25) is 11.8 Å². The molecule has 0 spiro atoms. The first-order valence-corrected chi connectivity index (χ1v) is 8.80. The maximum Gasteiger partial charge on any atom is 0.225 e. The van der Waals surface area contributed by atoms with E-state index < -0.39 is 0 Å². The summed E-state index contributed by atoms with van der Waals surface area (Å²) in [4.78, 5) is 26.0. The maximum absolute atomic E-state index is 12.3.